The Hall–Kier alpha value is -0.320. The first-order valence-electron chi connectivity index (χ1n) is 8.36. The summed E-state index contributed by atoms with van der Waals surface area (Å²) < 4.78 is 0. The number of hydrogen-bond acceptors (Lipinski definition) is 3. The predicted molar refractivity (Wildman–Crippen MR) is 93.9 cm³/mol. The Kier molecular flexibility index (Phi) is 6.00. The predicted octanol–water partition coefficient (Wildman–Crippen LogP) is 3.43. The van der Waals surface area contributed by atoms with Crippen LogP contribution in [0.15, 0.2) is 18.2 Å². The highest BCUT2D eigenvalue weighted by Crippen LogP contribution is 2.29. The topological polar surface area (TPSA) is 18.5 Å². The average Bonchev–Trinajstić information content (AvgIpc) is 2.57. The van der Waals surface area contributed by atoms with Gasteiger partial charge in [-0.3, -0.25) is 4.90 Å². The van der Waals surface area contributed by atoms with Crippen LogP contribution >= 0.6 is 23.2 Å². The van der Waals surface area contributed by atoms with Crippen LogP contribution < -0.4 is 5.32 Å². The highest BCUT2D eigenvalue weighted by molar-refractivity contribution is 6.42. The zero-order chi connectivity index (χ0) is 15.4. The van der Waals surface area contributed by atoms with E-state index in [1.165, 1.54) is 37.9 Å². The monoisotopic (exact) mass is 341 g/mol. The molecule has 0 saturated carbocycles. The summed E-state index contributed by atoms with van der Waals surface area (Å²) in [6.07, 6.45) is 4.03. The largest absolute Gasteiger partial charge is 0.314 e. The first kappa shape index (κ1) is 16.5. The van der Waals surface area contributed by atoms with E-state index in [0.29, 0.717) is 16.1 Å². The summed E-state index contributed by atoms with van der Waals surface area (Å²) >= 11 is 12.4. The number of halogens is 2. The van der Waals surface area contributed by atoms with Crippen LogP contribution in [-0.2, 0) is 0 Å². The van der Waals surface area contributed by atoms with Crippen molar-refractivity contribution in [2.45, 2.75) is 25.3 Å². The van der Waals surface area contributed by atoms with Gasteiger partial charge in [-0.1, -0.05) is 35.7 Å². The van der Waals surface area contributed by atoms with E-state index in [-0.39, 0.29) is 0 Å². The van der Waals surface area contributed by atoms with Gasteiger partial charge in [-0.2, -0.15) is 0 Å². The smallest absolute Gasteiger partial charge is 0.0595 e. The Morgan fingerprint density at radius 1 is 0.955 bits per heavy atom. The molecule has 3 rings (SSSR count). The third kappa shape index (κ3) is 4.15. The van der Waals surface area contributed by atoms with Crippen molar-refractivity contribution in [3.05, 3.63) is 33.8 Å². The van der Waals surface area contributed by atoms with Crippen molar-refractivity contribution in [1.82, 2.24) is 15.1 Å². The fourth-order valence-electron chi connectivity index (χ4n) is 3.53. The van der Waals surface area contributed by atoms with Gasteiger partial charge in [0.15, 0.2) is 0 Å². The summed E-state index contributed by atoms with van der Waals surface area (Å²) in [7, 11) is 0. The van der Waals surface area contributed by atoms with E-state index in [1.807, 2.05) is 6.07 Å². The molecule has 1 atom stereocenters. The Morgan fingerprint density at radius 3 is 2.36 bits per heavy atom. The van der Waals surface area contributed by atoms with Crippen molar-refractivity contribution in [2.75, 3.05) is 45.8 Å². The third-order valence-corrected chi connectivity index (χ3v) is 5.54. The Bertz CT molecular complexity index is 483. The maximum absolute atomic E-state index is 6.26. The highest BCUT2D eigenvalue weighted by Gasteiger charge is 2.25. The van der Waals surface area contributed by atoms with Gasteiger partial charge < -0.3 is 10.2 Å². The van der Waals surface area contributed by atoms with Gasteiger partial charge in [0.2, 0.25) is 0 Å². The number of hydrogen-bond donors (Lipinski definition) is 1. The number of piperazine rings is 1. The zero-order valence-corrected chi connectivity index (χ0v) is 14.5. The maximum Gasteiger partial charge on any atom is 0.0595 e. The van der Waals surface area contributed by atoms with Crippen LogP contribution in [0.4, 0.5) is 0 Å². The molecule has 2 aliphatic rings. The molecule has 122 valence electrons. The normalized spacial score (nSPS) is 22.6. The Morgan fingerprint density at radius 2 is 1.68 bits per heavy atom. The Labute approximate surface area is 143 Å². The number of rotatable bonds is 4. The minimum absolute atomic E-state index is 0.412. The Balaban J connectivity index is 1.78. The average molecular weight is 342 g/mol. The molecule has 0 aromatic heterocycles. The lowest BCUT2D eigenvalue weighted by atomic mass is 10.0. The second kappa shape index (κ2) is 7.98. The quantitative estimate of drug-likeness (QED) is 0.905. The number of benzene rings is 1. The van der Waals surface area contributed by atoms with Crippen LogP contribution in [0.25, 0.3) is 0 Å². The first-order valence-corrected chi connectivity index (χ1v) is 9.12. The zero-order valence-electron chi connectivity index (χ0n) is 13.0. The van der Waals surface area contributed by atoms with E-state index in [4.69, 9.17) is 23.2 Å². The van der Waals surface area contributed by atoms with Gasteiger partial charge in [0, 0.05) is 38.8 Å². The van der Waals surface area contributed by atoms with E-state index in [1.54, 1.807) is 0 Å². The third-order valence-electron chi connectivity index (χ3n) is 4.80. The minimum Gasteiger partial charge on any atom is -0.314 e. The van der Waals surface area contributed by atoms with Crippen LogP contribution in [0.2, 0.25) is 10.0 Å². The fraction of sp³-hybridized carbons (Fsp3) is 0.647. The van der Waals surface area contributed by atoms with Crippen molar-refractivity contribution >= 4 is 23.2 Å². The molecule has 2 saturated heterocycles. The second-order valence-corrected chi connectivity index (χ2v) is 7.15. The molecule has 0 aliphatic carbocycles. The van der Waals surface area contributed by atoms with E-state index in [9.17, 15) is 0 Å². The summed E-state index contributed by atoms with van der Waals surface area (Å²) in [4.78, 5) is 5.20. The van der Waals surface area contributed by atoms with Gasteiger partial charge in [-0.15, -0.1) is 0 Å². The molecule has 2 aliphatic heterocycles. The number of nitrogens with one attached hydrogen (secondary N) is 1. The van der Waals surface area contributed by atoms with E-state index in [0.717, 1.165) is 32.7 Å². The van der Waals surface area contributed by atoms with Gasteiger partial charge in [-0.25, -0.2) is 0 Å². The van der Waals surface area contributed by atoms with E-state index < -0.39 is 0 Å². The summed E-state index contributed by atoms with van der Waals surface area (Å²) in [6.45, 7) is 7.87. The molecule has 0 bridgehead atoms. The van der Waals surface area contributed by atoms with Crippen LogP contribution in [0.1, 0.15) is 30.9 Å². The van der Waals surface area contributed by atoms with Crippen molar-refractivity contribution in [1.29, 1.82) is 0 Å². The highest BCUT2D eigenvalue weighted by atomic mass is 35.5. The fourth-order valence-corrected chi connectivity index (χ4v) is 3.84. The molecule has 2 fully saturated rings. The molecule has 2 heterocycles. The molecule has 1 N–H and O–H groups in total. The summed E-state index contributed by atoms with van der Waals surface area (Å²) in [5.41, 5.74) is 1.29. The SMILES string of the molecule is Clc1ccc(C(CN2CCCCC2)N2CCNCC2)cc1Cl. The van der Waals surface area contributed by atoms with Crippen LogP contribution in [-0.4, -0.2) is 55.6 Å². The van der Waals surface area contributed by atoms with Crippen LogP contribution in [0, 0.1) is 0 Å². The molecule has 0 spiro atoms. The standard InChI is InChI=1S/C17H25Cl2N3/c18-15-5-4-14(12-16(15)19)17(22-10-6-20-7-11-22)13-21-8-2-1-3-9-21/h4-5,12,17,20H,1-3,6-11,13H2. The summed E-state index contributed by atoms with van der Waals surface area (Å²) in [6, 6.07) is 6.55. The second-order valence-electron chi connectivity index (χ2n) is 6.34. The lowest BCUT2D eigenvalue weighted by Gasteiger charge is -2.39. The van der Waals surface area contributed by atoms with E-state index >= 15 is 0 Å². The van der Waals surface area contributed by atoms with Crippen molar-refractivity contribution in [3.63, 3.8) is 0 Å². The van der Waals surface area contributed by atoms with Gasteiger partial charge in [-0.05, 0) is 43.6 Å². The molecule has 0 amide bonds. The van der Waals surface area contributed by atoms with Crippen LogP contribution in [0.3, 0.4) is 0 Å². The molecular formula is C17H25Cl2N3. The molecule has 1 aromatic rings. The van der Waals surface area contributed by atoms with Crippen molar-refractivity contribution < 1.29 is 0 Å². The molecular weight excluding hydrogens is 317 g/mol. The molecule has 1 unspecified atom stereocenters. The molecule has 1 aromatic carbocycles. The lowest BCUT2D eigenvalue weighted by molar-refractivity contribution is 0.114. The molecule has 3 nitrogen and oxygen atoms in total. The molecule has 22 heavy (non-hydrogen) atoms. The van der Waals surface area contributed by atoms with Crippen molar-refractivity contribution in [2.24, 2.45) is 0 Å². The van der Waals surface area contributed by atoms with Gasteiger partial charge in [0.25, 0.3) is 0 Å². The molecule has 5 heteroatoms. The summed E-state index contributed by atoms with van der Waals surface area (Å²) in [5.74, 6) is 0. The summed E-state index contributed by atoms with van der Waals surface area (Å²) in [5, 5.41) is 4.75. The number of piperidine rings is 1. The van der Waals surface area contributed by atoms with Gasteiger partial charge in [0.05, 0.1) is 10.0 Å². The van der Waals surface area contributed by atoms with Gasteiger partial charge >= 0.3 is 0 Å². The molecule has 0 radical (unpaired) electrons. The van der Waals surface area contributed by atoms with Gasteiger partial charge in [0.1, 0.15) is 0 Å². The lowest BCUT2D eigenvalue weighted by Crippen LogP contribution is -2.48. The number of likely N-dealkylation sites (tertiary alicyclic amines) is 1. The van der Waals surface area contributed by atoms with E-state index in [2.05, 4.69) is 27.2 Å². The van der Waals surface area contributed by atoms with Crippen molar-refractivity contribution in [3.8, 4) is 0 Å². The minimum atomic E-state index is 0.412. The first-order chi connectivity index (χ1) is 10.7. The maximum atomic E-state index is 6.26. The number of nitrogens with zero attached hydrogens (tertiary/aromatic N) is 2. The van der Waals surface area contributed by atoms with Crippen LogP contribution in [0.5, 0.6) is 0 Å².